The number of likely N-dealkylation sites (N-methyl/N-ethyl adjacent to an activating group) is 1. The lowest BCUT2D eigenvalue weighted by Gasteiger charge is -2.38. The van der Waals surface area contributed by atoms with Crippen LogP contribution < -0.4 is 10.1 Å². The number of fused-ring (bicyclic) bond motifs is 4. The van der Waals surface area contributed by atoms with Gasteiger partial charge in [0.2, 0.25) is 11.8 Å². The number of amides is 1. The van der Waals surface area contributed by atoms with Gasteiger partial charge in [-0.25, -0.2) is 9.37 Å². The molecule has 2 aromatic carbocycles. The second-order valence-corrected chi connectivity index (χ2v) is 15.2. The highest BCUT2D eigenvalue weighted by Crippen LogP contribution is 2.50. The first-order chi connectivity index (χ1) is 23.7. The first-order valence-electron chi connectivity index (χ1n) is 17.6. The zero-order chi connectivity index (χ0) is 34.1. The predicted octanol–water partition coefficient (Wildman–Crippen LogP) is 7.49. The smallest absolute Gasteiger partial charge is 0.223 e. The molecule has 6 heterocycles. The predicted molar refractivity (Wildman–Crippen MR) is 191 cm³/mol. The van der Waals surface area contributed by atoms with Gasteiger partial charge < -0.3 is 19.5 Å². The summed E-state index contributed by atoms with van der Waals surface area (Å²) in [5.41, 5.74) is 3.19. The highest BCUT2D eigenvalue weighted by molar-refractivity contribution is 6.43. The normalized spacial score (nSPS) is 24.6. The summed E-state index contributed by atoms with van der Waals surface area (Å²) in [6.45, 7) is 7.39. The third-order valence-electron chi connectivity index (χ3n) is 11.6. The molecule has 9 rings (SSSR count). The largest absolute Gasteiger partial charge is 0.472 e. The quantitative estimate of drug-likeness (QED) is 0.195. The molecule has 4 saturated heterocycles. The maximum atomic E-state index is 17.4. The van der Waals surface area contributed by atoms with Gasteiger partial charge in [-0.1, -0.05) is 35.3 Å². The molecule has 1 N–H and O–H groups in total. The lowest BCUT2D eigenvalue weighted by atomic mass is 9.79. The number of carbonyl (C=O) groups excluding carboxylic acids is 1. The van der Waals surface area contributed by atoms with Gasteiger partial charge in [0.15, 0.2) is 5.82 Å². The van der Waals surface area contributed by atoms with Crippen molar-refractivity contribution in [2.24, 2.45) is 5.92 Å². The number of hydrogen-bond acceptors (Lipinski definition) is 6. The zero-order valence-corrected chi connectivity index (χ0v) is 29.6. The van der Waals surface area contributed by atoms with E-state index >= 15 is 4.39 Å². The summed E-state index contributed by atoms with van der Waals surface area (Å²) < 4.78 is 26.5. The Morgan fingerprint density at radius 2 is 2.00 bits per heavy atom. The summed E-state index contributed by atoms with van der Waals surface area (Å²) in [6, 6.07) is 12.2. The molecule has 4 aliphatic heterocycles. The van der Waals surface area contributed by atoms with Crippen molar-refractivity contribution in [1.82, 2.24) is 24.7 Å². The Bertz CT molecular complexity index is 2010. The van der Waals surface area contributed by atoms with E-state index in [4.69, 9.17) is 32.9 Å². The average Bonchev–Trinajstić information content (AvgIpc) is 3.86. The van der Waals surface area contributed by atoms with Crippen molar-refractivity contribution >= 4 is 50.9 Å². The van der Waals surface area contributed by atoms with E-state index in [9.17, 15) is 10.1 Å². The van der Waals surface area contributed by atoms with Crippen molar-refractivity contribution in [3.8, 4) is 23.1 Å². The molecule has 8 nitrogen and oxygen atoms in total. The molecule has 2 aromatic heterocycles. The average molecular weight is 704 g/mol. The maximum absolute atomic E-state index is 17.4. The van der Waals surface area contributed by atoms with Crippen LogP contribution in [-0.2, 0) is 11.2 Å². The van der Waals surface area contributed by atoms with Gasteiger partial charge in [-0.3, -0.25) is 9.69 Å². The number of nitriles is 1. The molecular formula is C38H41Cl2FN6O2. The van der Waals surface area contributed by atoms with Gasteiger partial charge in [0.05, 0.1) is 39.0 Å². The Hall–Kier alpha value is -3.42. The van der Waals surface area contributed by atoms with E-state index in [1.54, 1.807) is 25.1 Å². The molecular weight excluding hydrogens is 662 g/mol. The first-order valence-corrected chi connectivity index (χ1v) is 18.3. The standard InChI is InChI=1S/C38H41Cl2FN6O2/c1-20(18-42)25-17-26-35(34(41)32(25)24-7-4-8-28(39)33(24)40)44-38(49-21(2)30-9-5-12-45(30)3)27-16-23(10-11-31(48)46-13-6-14-46)47(37(26)27)36-22-15-29(36)43-19-22/h4,7-8,16-17,20-22,29-30,36,43H,5-6,9-15,19H2,1-3H3/t20?,21-,22+,29+,30-,36-/m0/s1. The number of likely N-dealkylation sites (tertiary alicyclic amines) is 2. The number of aromatic nitrogens is 2. The molecule has 1 saturated carbocycles. The Balaban J connectivity index is 1.39. The van der Waals surface area contributed by atoms with Crippen molar-refractivity contribution in [1.29, 1.82) is 5.26 Å². The van der Waals surface area contributed by atoms with Crippen molar-refractivity contribution in [3.05, 3.63) is 57.5 Å². The molecule has 49 heavy (non-hydrogen) atoms. The molecule has 4 aromatic rings. The number of nitrogens with one attached hydrogen (secondary N) is 1. The van der Waals surface area contributed by atoms with Crippen LogP contribution in [0.15, 0.2) is 30.3 Å². The van der Waals surface area contributed by atoms with E-state index in [1.807, 2.05) is 11.0 Å². The number of carbonyl (C=O) groups is 1. The fraction of sp³-hybridized carbons (Fsp3) is 0.500. The van der Waals surface area contributed by atoms with Crippen LogP contribution in [0, 0.1) is 23.1 Å². The summed E-state index contributed by atoms with van der Waals surface area (Å²) >= 11 is 13.1. The van der Waals surface area contributed by atoms with Gasteiger partial charge in [0.1, 0.15) is 11.6 Å². The molecule has 2 bridgehead atoms. The maximum Gasteiger partial charge on any atom is 0.223 e. The number of benzene rings is 2. The summed E-state index contributed by atoms with van der Waals surface area (Å²) in [5.74, 6) is -0.239. The van der Waals surface area contributed by atoms with Gasteiger partial charge in [-0.15, -0.1) is 0 Å². The molecule has 6 atom stereocenters. The highest BCUT2D eigenvalue weighted by atomic mass is 35.5. The Morgan fingerprint density at radius 3 is 2.65 bits per heavy atom. The molecule has 1 amide bonds. The fourth-order valence-electron chi connectivity index (χ4n) is 8.71. The van der Waals surface area contributed by atoms with Crippen LogP contribution >= 0.6 is 23.2 Å². The van der Waals surface area contributed by atoms with E-state index in [1.165, 1.54) is 0 Å². The van der Waals surface area contributed by atoms with Gasteiger partial charge in [-0.2, -0.15) is 5.26 Å². The lowest BCUT2D eigenvalue weighted by molar-refractivity contribution is -0.134. The number of aryl methyl sites for hydroxylation is 1. The van der Waals surface area contributed by atoms with Crippen LogP contribution in [0.1, 0.15) is 69.2 Å². The summed E-state index contributed by atoms with van der Waals surface area (Å²) in [5, 5.41) is 15.8. The second-order valence-electron chi connectivity index (χ2n) is 14.4. The Labute approximate surface area is 296 Å². The Kier molecular flexibility index (Phi) is 8.51. The van der Waals surface area contributed by atoms with Crippen LogP contribution in [0.25, 0.3) is 32.9 Å². The third kappa shape index (κ3) is 5.38. The van der Waals surface area contributed by atoms with Crippen LogP contribution in [0.2, 0.25) is 10.0 Å². The monoisotopic (exact) mass is 702 g/mol. The van der Waals surface area contributed by atoms with Gasteiger partial charge in [0, 0.05) is 60.3 Å². The van der Waals surface area contributed by atoms with Crippen molar-refractivity contribution in [3.63, 3.8) is 0 Å². The van der Waals surface area contributed by atoms with E-state index in [0.29, 0.717) is 46.2 Å². The second kappa shape index (κ2) is 12.7. The van der Waals surface area contributed by atoms with Gasteiger partial charge in [0.25, 0.3) is 0 Å². The number of hydrogen-bond donors (Lipinski definition) is 1. The molecule has 11 heteroatoms. The summed E-state index contributed by atoms with van der Waals surface area (Å²) in [6.07, 6.45) is 5.00. The Morgan fingerprint density at radius 1 is 1.18 bits per heavy atom. The topological polar surface area (TPSA) is 86.4 Å². The summed E-state index contributed by atoms with van der Waals surface area (Å²) in [4.78, 5) is 22.3. The van der Waals surface area contributed by atoms with E-state index in [-0.39, 0.29) is 46.2 Å². The SMILES string of the molecule is CC(C#N)c1cc2c(nc(O[C@@H](C)[C@@H]3CCCN3C)c3cc(CCC(=O)N4CCC4)n([C@H]4[C@H]5CN[C@@H]4C5)c32)c(F)c1-c1cccc(Cl)c1Cl. The number of pyridine rings is 1. The number of rotatable bonds is 9. The molecule has 5 aliphatic rings. The minimum Gasteiger partial charge on any atom is -0.472 e. The fourth-order valence-corrected chi connectivity index (χ4v) is 9.11. The van der Waals surface area contributed by atoms with E-state index < -0.39 is 11.7 Å². The molecule has 256 valence electrons. The minimum absolute atomic E-state index is 0.158. The lowest BCUT2D eigenvalue weighted by Crippen LogP contribution is -2.42. The first kappa shape index (κ1) is 32.8. The van der Waals surface area contributed by atoms with Crippen molar-refractivity contribution in [2.45, 2.75) is 82.5 Å². The molecule has 0 spiro atoms. The van der Waals surface area contributed by atoms with E-state index in [2.05, 4.69) is 40.9 Å². The molecule has 1 unspecified atom stereocenters. The van der Waals surface area contributed by atoms with Crippen LogP contribution in [0.4, 0.5) is 4.39 Å². The third-order valence-corrected chi connectivity index (χ3v) is 12.4. The van der Waals surface area contributed by atoms with Gasteiger partial charge >= 0.3 is 0 Å². The highest BCUT2D eigenvalue weighted by Gasteiger charge is 2.49. The molecule has 0 radical (unpaired) electrons. The number of nitrogens with zero attached hydrogens (tertiary/aromatic N) is 5. The van der Waals surface area contributed by atoms with Crippen LogP contribution in [-0.4, -0.2) is 76.7 Å². The van der Waals surface area contributed by atoms with Crippen molar-refractivity contribution in [2.75, 3.05) is 33.2 Å². The number of ether oxygens (including phenoxy) is 1. The zero-order valence-electron chi connectivity index (χ0n) is 28.1. The minimum atomic E-state index is -0.647. The summed E-state index contributed by atoms with van der Waals surface area (Å²) in [7, 11) is 2.11. The molecule has 1 aliphatic carbocycles. The van der Waals surface area contributed by atoms with E-state index in [0.717, 1.165) is 68.5 Å². The number of halogens is 3. The van der Waals surface area contributed by atoms with Crippen molar-refractivity contribution < 1.29 is 13.9 Å². The molecule has 5 fully saturated rings. The van der Waals surface area contributed by atoms with Crippen LogP contribution in [0.5, 0.6) is 5.88 Å². The van der Waals surface area contributed by atoms with Crippen LogP contribution in [0.3, 0.4) is 0 Å². The van der Waals surface area contributed by atoms with Gasteiger partial charge in [-0.05, 0) is 89.2 Å².